The summed E-state index contributed by atoms with van der Waals surface area (Å²) in [6.07, 6.45) is 14.2. The average molecular weight is 494 g/mol. The molecule has 0 aromatic heterocycles. The second-order valence-electron chi connectivity index (χ2n) is 12.0. The van der Waals surface area contributed by atoms with E-state index in [1.807, 2.05) is 13.8 Å². The Balaban J connectivity index is 2.31. The fourth-order valence-corrected chi connectivity index (χ4v) is 5.49. The molecule has 0 saturated carbocycles. The smallest absolute Gasteiger partial charge is 0.122 e. The van der Waals surface area contributed by atoms with E-state index in [4.69, 9.17) is 4.74 Å². The third-order valence-electron chi connectivity index (χ3n) is 8.50. The maximum absolute atomic E-state index is 11.4. The molecule has 0 bridgehead atoms. The summed E-state index contributed by atoms with van der Waals surface area (Å²) >= 11 is 0. The molecular formula is C30H55NO4. The summed E-state index contributed by atoms with van der Waals surface area (Å²) in [6.45, 7) is 15.6. The molecule has 8 atom stereocenters. The Morgan fingerprint density at radius 1 is 1.00 bits per heavy atom. The van der Waals surface area contributed by atoms with Gasteiger partial charge < -0.3 is 14.6 Å². The minimum absolute atomic E-state index is 0.0673. The first-order chi connectivity index (χ1) is 16.6. The zero-order valence-electron chi connectivity index (χ0n) is 23.8. The molecule has 1 rings (SSSR count). The van der Waals surface area contributed by atoms with E-state index in [0.717, 1.165) is 57.7 Å². The van der Waals surface area contributed by atoms with Crippen LogP contribution in [0, 0.1) is 34.5 Å². The van der Waals surface area contributed by atoms with E-state index in [2.05, 4.69) is 45.9 Å². The number of rotatable bonds is 19. The minimum Gasteiger partial charge on any atom is -0.389 e. The number of nitroso groups, excluding NO2 is 1. The highest BCUT2D eigenvalue weighted by molar-refractivity contribution is 5.52. The van der Waals surface area contributed by atoms with Crippen molar-refractivity contribution in [1.29, 1.82) is 0 Å². The molecule has 35 heavy (non-hydrogen) atoms. The van der Waals surface area contributed by atoms with E-state index in [9.17, 15) is 14.8 Å². The standard InChI is InChI=1S/C30H55NO4/c1-8-35-29-26(6)25(5)28(33)20-27(29)17-16-23(3)13-9-12-22(2)14-10-18-30(7,31-34)19-11-15-24(4)21-32/h20-26,28-29,33H,8-19H2,1-7H3. The third kappa shape index (κ3) is 11.7. The number of hydrogen-bond acceptors (Lipinski definition) is 5. The van der Waals surface area contributed by atoms with Gasteiger partial charge in [-0.2, -0.15) is 4.91 Å². The van der Waals surface area contributed by atoms with Gasteiger partial charge in [0, 0.05) is 12.5 Å². The Bertz CT molecular complexity index is 636. The zero-order valence-corrected chi connectivity index (χ0v) is 23.8. The minimum atomic E-state index is -0.493. The van der Waals surface area contributed by atoms with Crippen LogP contribution in [0.4, 0.5) is 0 Å². The molecule has 1 N–H and O–H groups in total. The van der Waals surface area contributed by atoms with Crippen molar-refractivity contribution in [2.45, 2.75) is 137 Å². The number of aliphatic hydroxyl groups is 1. The first-order valence-corrected chi connectivity index (χ1v) is 14.4. The normalized spacial score (nSPS) is 26.9. The van der Waals surface area contributed by atoms with E-state index in [1.54, 1.807) is 0 Å². The van der Waals surface area contributed by atoms with Gasteiger partial charge in [0.25, 0.3) is 0 Å². The van der Waals surface area contributed by atoms with Crippen LogP contribution >= 0.6 is 0 Å². The SMILES string of the molecule is CCOC1C(CCC(C)CCCC(C)CCCC(C)(CCCC(C)C=O)N=O)=CC(O)C(C)C1C. The average Bonchev–Trinajstić information content (AvgIpc) is 2.83. The van der Waals surface area contributed by atoms with Gasteiger partial charge in [-0.1, -0.05) is 84.4 Å². The molecular weight excluding hydrogens is 438 g/mol. The summed E-state index contributed by atoms with van der Waals surface area (Å²) in [5.74, 6) is 1.97. The highest BCUT2D eigenvalue weighted by atomic mass is 16.5. The lowest BCUT2D eigenvalue weighted by atomic mass is 9.76. The molecule has 0 radical (unpaired) electrons. The lowest BCUT2D eigenvalue weighted by molar-refractivity contribution is -0.110. The van der Waals surface area contributed by atoms with Gasteiger partial charge >= 0.3 is 0 Å². The van der Waals surface area contributed by atoms with Gasteiger partial charge in [0.1, 0.15) is 6.29 Å². The van der Waals surface area contributed by atoms with Crippen LogP contribution in [-0.2, 0) is 9.53 Å². The summed E-state index contributed by atoms with van der Waals surface area (Å²) in [5, 5.41) is 13.9. The predicted octanol–water partition coefficient (Wildman–Crippen LogP) is 7.89. The van der Waals surface area contributed by atoms with Crippen molar-refractivity contribution in [2.24, 2.45) is 34.8 Å². The summed E-state index contributed by atoms with van der Waals surface area (Å²) in [7, 11) is 0. The number of nitrogens with zero attached hydrogens (tertiary/aromatic N) is 1. The van der Waals surface area contributed by atoms with Crippen LogP contribution in [0.3, 0.4) is 0 Å². The van der Waals surface area contributed by atoms with E-state index >= 15 is 0 Å². The second kappa shape index (κ2) is 16.6. The van der Waals surface area contributed by atoms with Gasteiger partial charge in [0.05, 0.1) is 17.7 Å². The lowest BCUT2D eigenvalue weighted by Crippen LogP contribution is -2.39. The van der Waals surface area contributed by atoms with Crippen LogP contribution in [0.5, 0.6) is 0 Å². The van der Waals surface area contributed by atoms with Crippen molar-refractivity contribution < 1.29 is 14.6 Å². The molecule has 0 aliphatic heterocycles. The van der Waals surface area contributed by atoms with Crippen LogP contribution in [-0.4, -0.2) is 35.7 Å². The summed E-state index contributed by atoms with van der Waals surface area (Å²) in [6, 6.07) is 0. The molecule has 0 heterocycles. The molecule has 0 fully saturated rings. The Kier molecular flexibility index (Phi) is 15.2. The van der Waals surface area contributed by atoms with Crippen LogP contribution < -0.4 is 0 Å². The maximum atomic E-state index is 11.4. The number of carbonyl (C=O) groups excluding carboxylic acids is 1. The fourth-order valence-electron chi connectivity index (χ4n) is 5.49. The molecule has 0 aromatic carbocycles. The number of hydrogen-bond donors (Lipinski definition) is 1. The molecule has 0 spiro atoms. The molecule has 5 nitrogen and oxygen atoms in total. The Morgan fingerprint density at radius 2 is 1.57 bits per heavy atom. The Morgan fingerprint density at radius 3 is 2.14 bits per heavy atom. The molecule has 1 aliphatic rings. The quantitative estimate of drug-likeness (QED) is 0.113. The van der Waals surface area contributed by atoms with Gasteiger partial charge in [-0.05, 0) is 75.2 Å². The number of aldehydes is 1. The first-order valence-electron chi connectivity index (χ1n) is 14.4. The van der Waals surface area contributed by atoms with Gasteiger partial charge in [0.15, 0.2) is 0 Å². The monoisotopic (exact) mass is 493 g/mol. The molecule has 0 amide bonds. The molecule has 8 unspecified atom stereocenters. The first kappa shape index (κ1) is 32.0. The fraction of sp³-hybridized carbons (Fsp3) is 0.900. The van der Waals surface area contributed by atoms with Crippen molar-refractivity contribution in [1.82, 2.24) is 0 Å². The summed E-state index contributed by atoms with van der Waals surface area (Å²) < 4.78 is 6.06. The summed E-state index contributed by atoms with van der Waals surface area (Å²) in [4.78, 5) is 22.2. The Hall–Kier alpha value is -1.07. The van der Waals surface area contributed by atoms with E-state index < -0.39 is 5.54 Å². The molecule has 0 aromatic rings. The van der Waals surface area contributed by atoms with Crippen molar-refractivity contribution in [3.05, 3.63) is 16.6 Å². The number of carbonyl (C=O) groups is 1. The zero-order chi connectivity index (χ0) is 26.4. The van der Waals surface area contributed by atoms with Crippen LogP contribution in [0.2, 0.25) is 0 Å². The van der Waals surface area contributed by atoms with Crippen molar-refractivity contribution >= 4 is 6.29 Å². The lowest BCUT2D eigenvalue weighted by Gasteiger charge is -2.37. The van der Waals surface area contributed by atoms with Crippen LogP contribution in [0.25, 0.3) is 0 Å². The van der Waals surface area contributed by atoms with E-state index in [1.165, 1.54) is 24.8 Å². The molecule has 1 aliphatic carbocycles. The number of aliphatic hydroxyl groups excluding tert-OH is 1. The van der Waals surface area contributed by atoms with Crippen molar-refractivity contribution in [3.63, 3.8) is 0 Å². The highest BCUT2D eigenvalue weighted by Gasteiger charge is 2.34. The van der Waals surface area contributed by atoms with Crippen LogP contribution in [0.1, 0.15) is 119 Å². The van der Waals surface area contributed by atoms with Crippen molar-refractivity contribution in [2.75, 3.05) is 6.61 Å². The topological polar surface area (TPSA) is 76.0 Å². The number of ether oxygens (including phenoxy) is 1. The highest BCUT2D eigenvalue weighted by Crippen LogP contribution is 2.35. The summed E-state index contributed by atoms with van der Waals surface area (Å²) in [5.41, 5.74) is 0.796. The maximum Gasteiger partial charge on any atom is 0.122 e. The third-order valence-corrected chi connectivity index (χ3v) is 8.50. The van der Waals surface area contributed by atoms with Gasteiger partial charge in [-0.15, -0.1) is 0 Å². The van der Waals surface area contributed by atoms with E-state index in [-0.39, 0.29) is 24.0 Å². The Labute approximate surface area is 215 Å². The second-order valence-corrected chi connectivity index (χ2v) is 12.0. The largest absolute Gasteiger partial charge is 0.389 e. The van der Waals surface area contributed by atoms with Crippen LogP contribution in [0.15, 0.2) is 16.8 Å². The van der Waals surface area contributed by atoms with E-state index in [0.29, 0.717) is 24.4 Å². The molecule has 5 heteroatoms. The predicted molar refractivity (Wildman–Crippen MR) is 146 cm³/mol. The molecule has 204 valence electrons. The van der Waals surface area contributed by atoms with Gasteiger partial charge in [0.2, 0.25) is 0 Å². The van der Waals surface area contributed by atoms with Gasteiger partial charge in [-0.3, -0.25) is 0 Å². The van der Waals surface area contributed by atoms with Gasteiger partial charge in [-0.25, -0.2) is 0 Å². The molecule has 0 saturated heterocycles. The van der Waals surface area contributed by atoms with Crippen molar-refractivity contribution in [3.8, 4) is 0 Å².